The zero-order valence-corrected chi connectivity index (χ0v) is 9.89. The normalized spacial score (nSPS) is 11.2. The number of anilines is 1. The van der Waals surface area contributed by atoms with Crippen molar-refractivity contribution in [2.24, 2.45) is 0 Å². The summed E-state index contributed by atoms with van der Waals surface area (Å²) in [5, 5.41) is 12.1. The summed E-state index contributed by atoms with van der Waals surface area (Å²) in [6.45, 7) is 2.05. The van der Waals surface area contributed by atoms with Gasteiger partial charge in [-0.2, -0.15) is 0 Å². The third-order valence-corrected chi connectivity index (χ3v) is 2.11. The van der Waals surface area contributed by atoms with Crippen LogP contribution in [0.25, 0.3) is 0 Å². The van der Waals surface area contributed by atoms with Crippen molar-refractivity contribution in [2.45, 2.75) is 25.9 Å². The average Bonchev–Trinajstić information content (AvgIpc) is 2.35. The van der Waals surface area contributed by atoms with Crippen molar-refractivity contribution in [2.75, 3.05) is 5.32 Å². The van der Waals surface area contributed by atoms with Crippen molar-refractivity contribution in [1.29, 1.82) is 0 Å². The van der Waals surface area contributed by atoms with Crippen molar-refractivity contribution in [3.63, 3.8) is 0 Å². The summed E-state index contributed by atoms with van der Waals surface area (Å²) in [6.07, 6.45) is 3.91. The fourth-order valence-electron chi connectivity index (χ4n) is 1.20. The van der Waals surface area contributed by atoms with Gasteiger partial charge in [-0.3, -0.25) is 4.79 Å². The van der Waals surface area contributed by atoms with E-state index in [9.17, 15) is 9.90 Å². The lowest BCUT2D eigenvalue weighted by Crippen LogP contribution is -2.25. The highest BCUT2D eigenvalue weighted by molar-refractivity contribution is 5.95. The number of hydrogen-bond donors (Lipinski definition) is 2. The van der Waals surface area contributed by atoms with Gasteiger partial charge in [0.2, 0.25) is 0 Å². The molecule has 1 rings (SSSR count). The van der Waals surface area contributed by atoms with E-state index in [0.29, 0.717) is 5.69 Å². The Balaban J connectivity index is 2.50. The van der Waals surface area contributed by atoms with Crippen molar-refractivity contribution >= 4 is 11.6 Å². The minimum Gasteiger partial charge on any atom is -0.378 e. The van der Waals surface area contributed by atoms with Crippen LogP contribution in [0.3, 0.4) is 0 Å². The van der Waals surface area contributed by atoms with E-state index in [1.165, 1.54) is 6.08 Å². The first-order chi connectivity index (χ1) is 8.24. The van der Waals surface area contributed by atoms with Crippen LogP contribution < -0.4 is 5.32 Å². The lowest BCUT2D eigenvalue weighted by molar-refractivity contribution is -0.121. The van der Waals surface area contributed by atoms with Crippen LogP contribution in [0, 0.1) is 0 Å². The molecule has 0 fully saturated rings. The van der Waals surface area contributed by atoms with Crippen molar-refractivity contribution in [3.8, 4) is 0 Å². The maximum atomic E-state index is 11.5. The maximum Gasteiger partial charge on any atom is 0.257 e. The van der Waals surface area contributed by atoms with Gasteiger partial charge in [0.1, 0.15) is 0 Å². The van der Waals surface area contributed by atoms with Crippen LogP contribution in [0.5, 0.6) is 0 Å². The molecule has 1 atom stereocenters. The van der Waals surface area contributed by atoms with E-state index in [4.69, 9.17) is 0 Å². The molecule has 0 radical (unpaired) electrons. The average molecular weight is 231 g/mol. The number of carbonyl (C=O) groups is 1. The summed E-state index contributed by atoms with van der Waals surface area (Å²) < 4.78 is 0. The highest BCUT2D eigenvalue weighted by atomic mass is 16.3. The zero-order valence-electron chi connectivity index (χ0n) is 9.89. The van der Waals surface area contributed by atoms with Gasteiger partial charge in [-0.25, -0.2) is 0 Å². The van der Waals surface area contributed by atoms with Gasteiger partial charge in [0.05, 0.1) is 0 Å². The Morgan fingerprint density at radius 2 is 2.18 bits per heavy atom. The molecule has 0 aliphatic rings. The van der Waals surface area contributed by atoms with Crippen molar-refractivity contribution in [1.82, 2.24) is 0 Å². The molecular formula is C14H17NO2. The van der Waals surface area contributed by atoms with Crippen LogP contribution in [0.2, 0.25) is 0 Å². The van der Waals surface area contributed by atoms with E-state index in [-0.39, 0.29) is 0 Å². The van der Waals surface area contributed by atoms with Gasteiger partial charge >= 0.3 is 0 Å². The minimum absolute atomic E-state index is 0.450. The third kappa shape index (κ3) is 5.16. The van der Waals surface area contributed by atoms with E-state index in [0.717, 1.165) is 12.8 Å². The van der Waals surface area contributed by atoms with Crippen LogP contribution in [-0.4, -0.2) is 17.1 Å². The molecule has 0 aromatic heterocycles. The molecule has 0 unspecified atom stereocenters. The van der Waals surface area contributed by atoms with Crippen molar-refractivity contribution in [3.05, 3.63) is 48.2 Å². The quantitative estimate of drug-likeness (QED) is 0.765. The Bertz CT molecular complexity index is 405. The fraction of sp³-hybridized carbons (Fsp3) is 0.286. The monoisotopic (exact) mass is 231 g/mol. The van der Waals surface area contributed by atoms with Gasteiger partial charge < -0.3 is 10.4 Å². The van der Waals surface area contributed by atoms with Crippen LogP contribution in [0.1, 0.15) is 19.8 Å². The van der Waals surface area contributed by atoms with E-state index in [2.05, 4.69) is 18.0 Å². The standard InChI is InChI=1S/C14H17NO2/c1-2-3-4-8-11-13(16)14(17)15-12-9-6-5-7-10-12/h4-7,9-11,13,16H,2-3H2,1H3,(H,15,17)/t8?,13-/m0/s1. The van der Waals surface area contributed by atoms with Gasteiger partial charge in [0, 0.05) is 5.69 Å². The number of amides is 1. The second-order valence-electron chi connectivity index (χ2n) is 3.63. The molecule has 3 nitrogen and oxygen atoms in total. The van der Waals surface area contributed by atoms with Crippen LogP contribution >= 0.6 is 0 Å². The van der Waals surface area contributed by atoms with E-state index in [1.807, 2.05) is 18.2 Å². The topological polar surface area (TPSA) is 49.3 Å². The van der Waals surface area contributed by atoms with E-state index in [1.54, 1.807) is 18.2 Å². The molecule has 1 amide bonds. The highest BCUT2D eigenvalue weighted by Gasteiger charge is 2.10. The molecule has 0 aliphatic carbocycles. The molecule has 3 heteroatoms. The number of carbonyl (C=O) groups excluding carboxylic acids is 1. The Morgan fingerprint density at radius 1 is 1.47 bits per heavy atom. The van der Waals surface area contributed by atoms with Gasteiger partial charge in [-0.1, -0.05) is 31.5 Å². The summed E-state index contributed by atoms with van der Waals surface area (Å²) in [5.41, 5.74) is 3.46. The molecular weight excluding hydrogens is 214 g/mol. The number of unbranched alkanes of at least 4 members (excludes halogenated alkanes) is 1. The smallest absolute Gasteiger partial charge is 0.257 e. The highest BCUT2D eigenvalue weighted by Crippen LogP contribution is 2.05. The van der Waals surface area contributed by atoms with Gasteiger partial charge in [-0.05, 0) is 30.7 Å². The number of aliphatic hydroxyl groups is 1. The van der Waals surface area contributed by atoms with Gasteiger partial charge in [0.25, 0.3) is 5.91 Å². The first-order valence-electron chi connectivity index (χ1n) is 5.69. The van der Waals surface area contributed by atoms with Crippen LogP contribution in [0.4, 0.5) is 5.69 Å². The minimum atomic E-state index is -1.16. The van der Waals surface area contributed by atoms with Gasteiger partial charge in [-0.15, -0.1) is 5.73 Å². The first-order valence-corrected chi connectivity index (χ1v) is 5.69. The Morgan fingerprint density at radius 3 is 2.82 bits per heavy atom. The lowest BCUT2D eigenvalue weighted by atomic mass is 10.2. The van der Waals surface area contributed by atoms with E-state index < -0.39 is 12.0 Å². The first kappa shape index (κ1) is 13.2. The lowest BCUT2D eigenvalue weighted by Gasteiger charge is -2.06. The molecule has 90 valence electrons. The molecule has 1 aromatic rings. The molecule has 0 spiro atoms. The number of benzene rings is 1. The fourth-order valence-corrected chi connectivity index (χ4v) is 1.20. The number of hydrogen-bond acceptors (Lipinski definition) is 2. The summed E-state index contributed by atoms with van der Waals surface area (Å²) in [5.74, 6) is -0.450. The molecule has 0 heterocycles. The predicted molar refractivity (Wildman–Crippen MR) is 68.6 cm³/mol. The molecule has 0 bridgehead atoms. The Labute approximate surface area is 101 Å². The largest absolute Gasteiger partial charge is 0.378 e. The van der Waals surface area contributed by atoms with Crippen LogP contribution in [0.15, 0.2) is 48.2 Å². The SMILES string of the molecule is CCCC=C=C[C@H](O)C(=O)Nc1ccccc1. The second-order valence-corrected chi connectivity index (χ2v) is 3.63. The summed E-state index contributed by atoms with van der Waals surface area (Å²) in [4.78, 5) is 11.5. The van der Waals surface area contributed by atoms with Crippen LogP contribution in [-0.2, 0) is 4.79 Å². The molecule has 0 saturated carbocycles. The number of rotatable bonds is 5. The van der Waals surface area contributed by atoms with Crippen molar-refractivity contribution < 1.29 is 9.90 Å². The number of nitrogens with one attached hydrogen (secondary N) is 1. The summed E-state index contributed by atoms with van der Waals surface area (Å²) in [7, 11) is 0. The molecule has 0 saturated heterocycles. The van der Waals surface area contributed by atoms with E-state index >= 15 is 0 Å². The predicted octanol–water partition coefficient (Wildman–Crippen LogP) is 2.50. The number of aliphatic hydroxyl groups excluding tert-OH is 1. The third-order valence-electron chi connectivity index (χ3n) is 2.11. The summed E-state index contributed by atoms with van der Waals surface area (Å²) in [6, 6.07) is 9.03. The Hall–Kier alpha value is -1.83. The Kier molecular flexibility index (Phi) is 5.80. The molecule has 0 aliphatic heterocycles. The number of para-hydroxylation sites is 1. The zero-order chi connectivity index (χ0) is 12.5. The molecule has 1 aromatic carbocycles. The molecule has 2 N–H and O–H groups in total. The summed E-state index contributed by atoms with van der Waals surface area (Å²) >= 11 is 0. The molecule has 17 heavy (non-hydrogen) atoms. The second kappa shape index (κ2) is 7.44. The maximum absolute atomic E-state index is 11.5. The van der Waals surface area contributed by atoms with Gasteiger partial charge in [0.15, 0.2) is 6.10 Å².